The minimum Gasteiger partial charge on any atom is -0.413 e. The van der Waals surface area contributed by atoms with Gasteiger partial charge in [0.25, 0.3) is 0 Å². The summed E-state index contributed by atoms with van der Waals surface area (Å²) in [6.07, 6.45) is -1.01. The van der Waals surface area contributed by atoms with Crippen molar-refractivity contribution in [2.75, 3.05) is 13.2 Å². The molecule has 1 saturated heterocycles. The Morgan fingerprint density at radius 3 is 2.65 bits per heavy atom. The molecule has 15 heteroatoms. The summed E-state index contributed by atoms with van der Waals surface area (Å²) in [5.41, 5.74) is 3.18. The Kier molecular flexibility index (Phi) is 10.3. The molecule has 0 amide bonds. The standard InChI is InChI=1S/C28H41N6O8P/c1-5-19(6-2)14-39-26(37)18(3)33-43(38,42-20-10-8-7-9-11-20)40-15-22-23(35)24(36)28(16-29,41-22)27(4)13-12-21-25(30)31-17-32-34(21)27/h7-12,17-19,22-24,26,35-37H,5-6,13-15H2,1-4H3,(H,33,38)(H2,30,31,32)/t18-,22?,23+,24+,26?,27?,28+,43?/m0/s1. The van der Waals surface area contributed by atoms with Crippen molar-refractivity contribution in [1.82, 2.24) is 10.1 Å². The zero-order chi connectivity index (χ0) is 31.4. The number of nitrogens with one attached hydrogen (secondary N) is 1. The number of nitrogens with zero attached hydrogens (tertiary/aromatic N) is 4. The van der Waals surface area contributed by atoms with Crippen LogP contribution < -0.4 is 15.3 Å². The van der Waals surface area contributed by atoms with E-state index in [0.717, 1.165) is 12.8 Å². The Bertz CT molecular complexity index is 1300. The molecule has 0 spiro atoms. The predicted molar refractivity (Wildman–Crippen MR) is 158 cm³/mol. The average molecular weight is 621 g/mol. The van der Waals surface area contributed by atoms with Crippen LogP contribution in [0.3, 0.4) is 0 Å². The third-order valence-corrected chi connectivity index (χ3v) is 9.93. The number of nitrogens with two attached hydrogens (primary N) is 1. The van der Waals surface area contributed by atoms with E-state index in [-0.39, 0.29) is 23.9 Å². The minimum atomic E-state index is -4.26. The molecule has 1 aromatic rings. The van der Waals surface area contributed by atoms with Crippen molar-refractivity contribution in [3.63, 3.8) is 0 Å². The highest BCUT2D eigenvalue weighted by Gasteiger charge is 2.68. The predicted octanol–water partition coefficient (Wildman–Crippen LogP) is 1.98. The van der Waals surface area contributed by atoms with Crippen LogP contribution in [0.4, 0.5) is 0 Å². The number of amidine groups is 1. The summed E-state index contributed by atoms with van der Waals surface area (Å²) in [4.78, 5) is 3.98. The number of para-hydroxylation sites is 1. The molecule has 4 rings (SSSR count). The summed E-state index contributed by atoms with van der Waals surface area (Å²) >= 11 is 0. The molecule has 1 fully saturated rings. The van der Waals surface area contributed by atoms with Gasteiger partial charge in [-0.2, -0.15) is 10.4 Å². The SMILES string of the molecule is CCC(CC)COC(O)[C@H](C)NP(=O)(OCC1O[C@@](C#N)(C2(C)CC=C3C(N)=NC=NN32)[C@H](O)[C@@H]1O)Oc1ccccc1. The van der Waals surface area contributed by atoms with E-state index in [2.05, 4.69) is 21.3 Å². The van der Waals surface area contributed by atoms with Gasteiger partial charge >= 0.3 is 7.75 Å². The summed E-state index contributed by atoms with van der Waals surface area (Å²) in [6, 6.07) is 9.43. The molecule has 0 saturated carbocycles. The molecule has 3 heterocycles. The molecule has 236 valence electrons. The number of aliphatic hydroxyl groups is 3. The Morgan fingerprint density at radius 1 is 1.30 bits per heavy atom. The van der Waals surface area contributed by atoms with Gasteiger partial charge in [-0.1, -0.05) is 51.0 Å². The highest BCUT2D eigenvalue weighted by molar-refractivity contribution is 7.52. The molecule has 4 unspecified atom stereocenters. The lowest BCUT2D eigenvalue weighted by molar-refractivity contribution is -0.129. The van der Waals surface area contributed by atoms with Gasteiger partial charge < -0.3 is 35.1 Å². The maximum atomic E-state index is 14.0. The zero-order valence-electron chi connectivity index (χ0n) is 24.7. The Labute approximate surface area is 251 Å². The zero-order valence-corrected chi connectivity index (χ0v) is 25.6. The van der Waals surface area contributed by atoms with Gasteiger partial charge in [0.2, 0.25) is 5.60 Å². The summed E-state index contributed by atoms with van der Waals surface area (Å²) in [5.74, 6) is 0.659. The van der Waals surface area contributed by atoms with Crippen molar-refractivity contribution in [3.8, 4) is 11.8 Å². The van der Waals surface area contributed by atoms with Gasteiger partial charge in [-0.3, -0.25) is 9.53 Å². The average Bonchev–Trinajstić information content (AvgIpc) is 3.48. The molecule has 0 bridgehead atoms. The van der Waals surface area contributed by atoms with E-state index in [0.29, 0.717) is 12.3 Å². The maximum Gasteiger partial charge on any atom is 0.459 e. The van der Waals surface area contributed by atoms with Crippen LogP contribution >= 0.6 is 7.75 Å². The monoisotopic (exact) mass is 620 g/mol. The van der Waals surface area contributed by atoms with Crippen molar-refractivity contribution in [2.45, 2.75) is 88.7 Å². The second-order valence-corrected chi connectivity index (χ2v) is 12.8. The smallest absolute Gasteiger partial charge is 0.413 e. The second kappa shape index (κ2) is 13.4. The van der Waals surface area contributed by atoms with Gasteiger partial charge in [-0.15, -0.1) is 0 Å². The topological polar surface area (TPSA) is 204 Å². The van der Waals surface area contributed by atoms with Crippen molar-refractivity contribution < 1.29 is 38.4 Å². The van der Waals surface area contributed by atoms with Gasteiger partial charge in [0.05, 0.1) is 25.0 Å². The molecule has 0 aliphatic carbocycles. The molecule has 8 atom stereocenters. The van der Waals surface area contributed by atoms with Crippen molar-refractivity contribution in [2.24, 2.45) is 21.7 Å². The van der Waals surface area contributed by atoms with Gasteiger partial charge in [0.1, 0.15) is 42.0 Å². The molecule has 3 aliphatic heterocycles. The van der Waals surface area contributed by atoms with Crippen LogP contribution in [0, 0.1) is 17.2 Å². The van der Waals surface area contributed by atoms with E-state index in [4.69, 9.17) is 24.3 Å². The van der Waals surface area contributed by atoms with Crippen molar-refractivity contribution in [1.29, 1.82) is 5.26 Å². The van der Waals surface area contributed by atoms with Gasteiger partial charge in [-0.05, 0) is 38.3 Å². The molecule has 3 aliphatic rings. The largest absolute Gasteiger partial charge is 0.459 e. The first kappa shape index (κ1) is 33.0. The van der Waals surface area contributed by atoms with E-state index in [1.807, 2.05) is 13.8 Å². The number of aliphatic hydroxyl groups excluding tert-OH is 3. The number of nitriles is 1. The Balaban J connectivity index is 1.51. The Morgan fingerprint density at radius 2 is 2.00 bits per heavy atom. The molecular formula is C28H41N6O8P. The minimum absolute atomic E-state index is 0.185. The number of hydrogen-bond acceptors (Lipinski definition) is 13. The fourth-order valence-electron chi connectivity index (χ4n) is 5.36. The lowest BCUT2D eigenvalue weighted by Gasteiger charge is -2.45. The van der Waals surface area contributed by atoms with E-state index in [9.17, 15) is 25.1 Å². The first-order chi connectivity index (χ1) is 20.4. The molecule has 0 radical (unpaired) electrons. The molecular weight excluding hydrogens is 579 g/mol. The van der Waals surface area contributed by atoms with Crippen LogP contribution in [0.15, 0.2) is 52.2 Å². The van der Waals surface area contributed by atoms with Gasteiger partial charge in [0.15, 0.2) is 12.1 Å². The molecule has 1 aromatic carbocycles. The number of hydrogen-bond donors (Lipinski definition) is 5. The molecule has 43 heavy (non-hydrogen) atoms. The van der Waals surface area contributed by atoms with Crippen LogP contribution in [0.25, 0.3) is 0 Å². The number of benzene rings is 1. The summed E-state index contributed by atoms with van der Waals surface area (Å²) in [6.45, 7) is 7.06. The summed E-state index contributed by atoms with van der Waals surface area (Å²) in [7, 11) is -4.26. The molecule has 6 N–H and O–H groups in total. The second-order valence-electron chi connectivity index (χ2n) is 11.1. The first-order valence-electron chi connectivity index (χ1n) is 14.3. The highest BCUT2D eigenvalue weighted by Crippen LogP contribution is 2.51. The van der Waals surface area contributed by atoms with Crippen LogP contribution in [-0.4, -0.2) is 87.5 Å². The van der Waals surface area contributed by atoms with E-state index < -0.39 is 56.1 Å². The third-order valence-electron chi connectivity index (χ3n) is 8.26. The molecule has 0 aromatic heterocycles. The third kappa shape index (κ3) is 6.50. The molecule has 14 nitrogen and oxygen atoms in total. The van der Waals surface area contributed by atoms with Crippen LogP contribution in [0.2, 0.25) is 0 Å². The number of fused-ring (bicyclic) bond motifs is 1. The Hall–Kier alpha value is -2.86. The lowest BCUT2D eigenvalue weighted by Crippen LogP contribution is -2.64. The van der Waals surface area contributed by atoms with E-state index in [1.54, 1.807) is 50.3 Å². The van der Waals surface area contributed by atoms with Crippen LogP contribution in [0.5, 0.6) is 5.75 Å². The first-order valence-corrected chi connectivity index (χ1v) is 15.9. The fraction of sp³-hybridized carbons (Fsp3) is 0.607. The summed E-state index contributed by atoms with van der Waals surface area (Å²) in [5, 5.41) is 51.6. The number of aliphatic imine (C=N–C) groups is 1. The number of ether oxygens (including phenoxy) is 2. The number of hydrazone groups is 1. The lowest BCUT2D eigenvalue weighted by atomic mass is 9.76. The van der Waals surface area contributed by atoms with Crippen molar-refractivity contribution >= 4 is 19.9 Å². The number of rotatable bonds is 14. The highest BCUT2D eigenvalue weighted by atomic mass is 31.2. The van der Waals surface area contributed by atoms with Gasteiger partial charge in [0, 0.05) is 0 Å². The van der Waals surface area contributed by atoms with E-state index >= 15 is 0 Å². The van der Waals surface area contributed by atoms with Gasteiger partial charge in [-0.25, -0.2) is 14.6 Å². The van der Waals surface area contributed by atoms with Crippen molar-refractivity contribution in [3.05, 3.63) is 42.1 Å². The quantitative estimate of drug-likeness (QED) is 0.150. The van der Waals surface area contributed by atoms with E-state index in [1.165, 1.54) is 11.3 Å². The maximum absolute atomic E-state index is 14.0. The fourth-order valence-corrected chi connectivity index (χ4v) is 6.91. The summed E-state index contributed by atoms with van der Waals surface area (Å²) < 4.78 is 37.2. The van der Waals surface area contributed by atoms with Crippen LogP contribution in [-0.2, 0) is 18.6 Å². The normalized spacial score (nSPS) is 31.1. The van der Waals surface area contributed by atoms with Crippen LogP contribution in [0.1, 0.15) is 47.0 Å².